The Hall–Kier alpha value is -0.593. The number of methoxy groups -OCH3 is 1. The van der Waals surface area contributed by atoms with Crippen LogP contribution in [0.1, 0.15) is 0 Å². The molecule has 1 fully saturated rings. The summed E-state index contributed by atoms with van der Waals surface area (Å²) in [5.74, 6) is 0.735. The zero-order chi connectivity index (χ0) is 15.5. The van der Waals surface area contributed by atoms with Crippen molar-refractivity contribution in [2.45, 2.75) is 37.6 Å². The van der Waals surface area contributed by atoms with Crippen LogP contribution in [0.25, 0.3) is 0 Å². The first-order valence-corrected chi connectivity index (χ1v) is 11.0. The Morgan fingerprint density at radius 2 is 2.10 bits per heavy atom. The third-order valence-electron chi connectivity index (χ3n) is 3.36. The Labute approximate surface area is 132 Å². The van der Waals surface area contributed by atoms with E-state index in [-0.39, 0.29) is 19.0 Å². The average Bonchev–Trinajstić information content (AvgIpc) is 3.19. The summed E-state index contributed by atoms with van der Waals surface area (Å²) in [5, 5.41) is 0.657. The van der Waals surface area contributed by atoms with E-state index >= 15 is 0 Å². The van der Waals surface area contributed by atoms with Gasteiger partial charge in [-0.1, -0.05) is 37.3 Å². The molecule has 118 valence electrons. The molecule has 1 aliphatic heterocycles. The third-order valence-corrected chi connectivity index (χ3v) is 5.76. The molecule has 0 aliphatic carbocycles. The molecule has 1 aromatic rings. The molecule has 0 radical (unpaired) electrons. The Balaban J connectivity index is 1.91. The molecule has 2 unspecified atom stereocenters. The molecule has 0 aromatic heterocycles. The highest BCUT2D eigenvalue weighted by molar-refractivity contribution is 6.78. The largest absolute Gasteiger partial charge is 0.491 e. The molecule has 4 nitrogen and oxygen atoms in total. The SMILES string of the molecule is COCO[C@@H](COc1cccc(Cl)c1)C1OC1[Si](C)(C)C. The van der Waals surface area contributed by atoms with Crippen molar-refractivity contribution in [1.29, 1.82) is 0 Å². The van der Waals surface area contributed by atoms with Gasteiger partial charge in [0.25, 0.3) is 0 Å². The lowest BCUT2D eigenvalue weighted by atomic mass is 10.3. The second kappa shape index (κ2) is 7.11. The normalized spacial score (nSPS) is 22.9. The highest BCUT2D eigenvalue weighted by Gasteiger charge is 2.52. The second-order valence-corrected chi connectivity index (χ2v) is 12.0. The van der Waals surface area contributed by atoms with Crippen LogP contribution in [-0.4, -0.2) is 46.5 Å². The fourth-order valence-electron chi connectivity index (χ4n) is 2.23. The first-order valence-electron chi connectivity index (χ1n) is 7.06. The molecule has 6 heteroatoms. The molecule has 1 aromatic carbocycles. The van der Waals surface area contributed by atoms with Gasteiger partial charge in [-0.15, -0.1) is 0 Å². The van der Waals surface area contributed by atoms with E-state index in [9.17, 15) is 0 Å². The van der Waals surface area contributed by atoms with Gasteiger partial charge in [0.15, 0.2) is 0 Å². The Morgan fingerprint density at radius 3 is 2.67 bits per heavy atom. The first-order chi connectivity index (χ1) is 9.91. The van der Waals surface area contributed by atoms with Gasteiger partial charge in [-0.2, -0.15) is 0 Å². The standard InChI is InChI=1S/C15H23ClO4Si/c1-17-10-19-13(14-15(20-14)21(2,3)4)9-18-12-7-5-6-11(16)8-12/h5-8,13-15H,9-10H2,1-4H3/t13-,14?,15?/m0/s1. The minimum absolute atomic E-state index is 0.103. The number of rotatable bonds is 8. The second-order valence-electron chi connectivity index (χ2n) is 6.27. The van der Waals surface area contributed by atoms with Gasteiger partial charge < -0.3 is 18.9 Å². The van der Waals surface area contributed by atoms with Gasteiger partial charge in [0, 0.05) is 12.1 Å². The van der Waals surface area contributed by atoms with Crippen LogP contribution in [0.4, 0.5) is 0 Å². The molecule has 2 rings (SSSR count). The van der Waals surface area contributed by atoms with Crippen LogP contribution in [0.5, 0.6) is 5.75 Å². The number of hydrogen-bond acceptors (Lipinski definition) is 4. The van der Waals surface area contributed by atoms with Gasteiger partial charge in [0.2, 0.25) is 0 Å². The van der Waals surface area contributed by atoms with Gasteiger partial charge in [-0.3, -0.25) is 0 Å². The molecular weight excluding hydrogens is 308 g/mol. The molecule has 1 saturated heterocycles. The van der Waals surface area contributed by atoms with Gasteiger partial charge >= 0.3 is 0 Å². The van der Waals surface area contributed by atoms with E-state index < -0.39 is 8.07 Å². The molecule has 21 heavy (non-hydrogen) atoms. The third kappa shape index (κ3) is 4.97. The van der Waals surface area contributed by atoms with Crippen LogP contribution < -0.4 is 4.74 Å². The lowest BCUT2D eigenvalue weighted by Gasteiger charge is -2.18. The lowest BCUT2D eigenvalue weighted by Crippen LogP contribution is -2.37. The monoisotopic (exact) mass is 330 g/mol. The van der Waals surface area contributed by atoms with Crippen molar-refractivity contribution < 1.29 is 18.9 Å². The zero-order valence-electron chi connectivity index (χ0n) is 13.0. The molecule has 0 N–H and O–H groups in total. The van der Waals surface area contributed by atoms with Crippen molar-refractivity contribution in [3.05, 3.63) is 29.3 Å². The predicted octanol–water partition coefficient (Wildman–Crippen LogP) is 3.35. The summed E-state index contributed by atoms with van der Waals surface area (Å²) < 4.78 is 22.3. The first kappa shape index (κ1) is 16.8. The van der Waals surface area contributed by atoms with Crippen LogP contribution >= 0.6 is 11.6 Å². The van der Waals surface area contributed by atoms with Crippen LogP contribution in [0.2, 0.25) is 24.7 Å². The zero-order valence-corrected chi connectivity index (χ0v) is 14.7. The summed E-state index contributed by atoms with van der Waals surface area (Å²) in [6.07, 6.45) is -0.0216. The molecule has 0 saturated carbocycles. The summed E-state index contributed by atoms with van der Waals surface area (Å²) in [4.78, 5) is 0. The van der Waals surface area contributed by atoms with E-state index in [4.69, 9.17) is 30.5 Å². The molecule has 0 bridgehead atoms. The maximum absolute atomic E-state index is 5.95. The van der Waals surface area contributed by atoms with Crippen LogP contribution in [0.15, 0.2) is 24.3 Å². The van der Waals surface area contributed by atoms with E-state index in [1.165, 1.54) is 0 Å². The maximum Gasteiger partial charge on any atom is 0.147 e. The fourth-order valence-corrected chi connectivity index (χ4v) is 4.18. The summed E-state index contributed by atoms with van der Waals surface area (Å²) >= 11 is 5.95. The number of halogens is 1. The van der Waals surface area contributed by atoms with Crippen molar-refractivity contribution >= 4 is 19.7 Å². The summed E-state index contributed by atoms with van der Waals surface area (Å²) in [6.45, 7) is 7.55. The van der Waals surface area contributed by atoms with Crippen molar-refractivity contribution in [2.75, 3.05) is 20.5 Å². The minimum Gasteiger partial charge on any atom is -0.491 e. The highest BCUT2D eigenvalue weighted by atomic mass is 35.5. The number of benzene rings is 1. The topological polar surface area (TPSA) is 40.2 Å². The van der Waals surface area contributed by atoms with Crippen LogP contribution in [0.3, 0.4) is 0 Å². The predicted molar refractivity (Wildman–Crippen MR) is 85.7 cm³/mol. The molecule has 3 atom stereocenters. The van der Waals surface area contributed by atoms with Crippen molar-refractivity contribution in [3.8, 4) is 5.75 Å². The van der Waals surface area contributed by atoms with E-state index in [2.05, 4.69) is 19.6 Å². The van der Waals surface area contributed by atoms with E-state index in [1.54, 1.807) is 13.2 Å². The van der Waals surface area contributed by atoms with Gasteiger partial charge in [0.05, 0.1) is 13.8 Å². The summed E-state index contributed by atoms with van der Waals surface area (Å²) in [7, 11) is 0.284. The van der Waals surface area contributed by atoms with Gasteiger partial charge in [-0.05, 0) is 18.2 Å². The van der Waals surface area contributed by atoms with Crippen LogP contribution in [0, 0.1) is 0 Å². The minimum atomic E-state index is -1.33. The molecular formula is C15H23ClO4Si. The Bertz CT molecular complexity index is 463. The van der Waals surface area contributed by atoms with E-state index in [0.29, 0.717) is 17.4 Å². The van der Waals surface area contributed by atoms with Gasteiger partial charge in [-0.25, -0.2) is 0 Å². The van der Waals surface area contributed by atoms with Crippen molar-refractivity contribution in [2.24, 2.45) is 0 Å². The highest BCUT2D eigenvalue weighted by Crippen LogP contribution is 2.35. The van der Waals surface area contributed by atoms with Crippen LogP contribution in [-0.2, 0) is 14.2 Å². The van der Waals surface area contributed by atoms with E-state index in [0.717, 1.165) is 5.75 Å². The molecule has 1 aliphatic rings. The maximum atomic E-state index is 5.95. The fraction of sp³-hybridized carbons (Fsp3) is 0.600. The van der Waals surface area contributed by atoms with Crippen molar-refractivity contribution in [3.63, 3.8) is 0 Å². The summed E-state index contributed by atoms with van der Waals surface area (Å²) in [5.41, 5.74) is 0.322. The molecule has 1 heterocycles. The Kier molecular flexibility index (Phi) is 5.68. The molecule has 0 spiro atoms. The molecule has 0 amide bonds. The lowest BCUT2D eigenvalue weighted by molar-refractivity contribution is -0.0914. The number of ether oxygens (including phenoxy) is 4. The Morgan fingerprint density at radius 1 is 1.33 bits per heavy atom. The number of hydrogen-bond donors (Lipinski definition) is 0. The number of epoxide rings is 1. The average molecular weight is 331 g/mol. The smallest absolute Gasteiger partial charge is 0.147 e. The van der Waals surface area contributed by atoms with Gasteiger partial charge in [0.1, 0.15) is 31.4 Å². The van der Waals surface area contributed by atoms with Crippen molar-refractivity contribution in [1.82, 2.24) is 0 Å². The quantitative estimate of drug-likeness (QED) is 0.416. The van der Waals surface area contributed by atoms with E-state index in [1.807, 2.05) is 18.2 Å². The summed E-state index contributed by atoms with van der Waals surface area (Å²) in [6, 6.07) is 7.35.